The minimum atomic E-state index is -0.536. The number of methoxy groups -OCH3 is 2. The van der Waals surface area contributed by atoms with Crippen LogP contribution in [-0.4, -0.2) is 31.2 Å². The van der Waals surface area contributed by atoms with E-state index in [1.807, 2.05) is 13.0 Å². The molecule has 0 aromatic heterocycles. The summed E-state index contributed by atoms with van der Waals surface area (Å²) in [7, 11) is 3.17. The van der Waals surface area contributed by atoms with Crippen LogP contribution >= 0.6 is 11.6 Å². The largest absolute Gasteiger partial charge is 0.497 e. The van der Waals surface area contributed by atoms with Gasteiger partial charge in [-0.3, -0.25) is 4.79 Å². The molecule has 0 bridgehead atoms. The first-order valence-electron chi connectivity index (χ1n) is 8.88. The molecule has 1 aromatic carbocycles. The summed E-state index contributed by atoms with van der Waals surface area (Å²) in [5.41, 5.74) is 0.128. The summed E-state index contributed by atoms with van der Waals surface area (Å²) < 4.78 is 10.7. The van der Waals surface area contributed by atoms with Gasteiger partial charge in [0.2, 0.25) is 0 Å². The van der Waals surface area contributed by atoms with E-state index in [0.717, 1.165) is 24.8 Å². The Labute approximate surface area is 154 Å². The highest BCUT2D eigenvalue weighted by Crippen LogP contribution is 2.59. The Morgan fingerprint density at radius 3 is 2.60 bits per heavy atom. The first-order valence-corrected chi connectivity index (χ1v) is 9.26. The lowest BCUT2D eigenvalue weighted by molar-refractivity contribution is -0.143. The molecule has 2 aliphatic rings. The van der Waals surface area contributed by atoms with Gasteiger partial charge in [0, 0.05) is 17.9 Å². The number of Topliss-reactive ketones (excluding diaryl/α,β-unsaturated/α-hetero) is 1. The Morgan fingerprint density at radius 2 is 1.96 bits per heavy atom. The van der Waals surface area contributed by atoms with Crippen LogP contribution in [0.15, 0.2) is 12.1 Å². The summed E-state index contributed by atoms with van der Waals surface area (Å²) in [5.74, 6) is 1.64. The Kier molecular flexibility index (Phi) is 4.80. The number of benzene rings is 1. The molecule has 0 heterocycles. The van der Waals surface area contributed by atoms with Crippen molar-refractivity contribution in [3.8, 4) is 11.5 Å². The molecule has 2 aliphatic carbocycles. The van der Waals surface area contributed by atoms with Crippen molar-refractivity contribution in [2.24, 2.45) is 16.7 Å². The minimum Gasteiger partial charge on any atom is -0.497 e. The molecule has 5 heteroatoms. The van der Waals surface area contributed by atoms with Crippen LogP contribution in [0.5, 0.6) is 11.5 Å². The molecule has 0 spiro atoms. The maximum absolute atomic E-state index is 12.9. The third kappa shape index (κ3) is 2.83. The number of rotatable bonds is 4. The van der Waals surface area contributed by atoms with E-state index in [0.29, 0.717) is 29.4 Å². The number of fused-ring (bicyclic) bond motifs is 1. The molecule has 0 unspecified atom stereocenters. The van der Waals surface area contributed by atoms with E-state index in [2.05, 4.69) is 6.92 Å². The van der Waals surface area contributed by atoms with Crippen LogP contribution in [0.3, 0.4) is 0 Å². The van der Waals surface area contributed by atoms with Crippen molar-refractivity contribution >= 4 is 17.4 Å². The summed E-state index contributed by atoms with van der Waals surface area (Å²) in [4.78, 5) is 12.9. The van der Waals surface area contributed by atoms with Crippen LogP contribution in [0.2, 0.25) is 5.02 Å². The molecule has 0 saturated heterocycles. The van der Waals surface area contributed by atoms with Gasteiger partial charge in [-0.25, -0.2) is 0 Å². The highest BCUT2D eigenvalue weighted by atomic mass is 35.5. The zero-order valence-corrected chi connectivity index (χ0v) is 16.2. The van der Waals surface area contributed by atoms with E-state index in [9.17, 15) is 9.90 Å². The summed E-state index contributed by atoms with van der Waals surface area (Å²) in [5, 5.41) is 11.0. The van der Waals surface area contributed by atoms with Gasteiger partial charge in [-0.05, 0) is 48.6 Å². The lowest BCUT2D eigenvalue weighted by Crippen LogP contribution is -2.50. The predicted molar refractivity (Wildman–Crippen MR) is 97.4 cm³/mol. The number of hydrogen-bond acceptors (Lipinski definition) is 4. The second kappa shape index (κ2) is 6.48. The van der Waals surface area contributed by atoms with Crippen molar-refractivity contribution in [2.75, 3.05) is 14.2 Å². The van der Waals surface area contributed by atoms with E-state index in [1.54, 1.807) is 20.3 Å². The standard InChI is InChI=1S/C20H27ClO4/c1-19-8-7-17(23)20(2,15(19)5-6-16(19)22)11-12-9-13(24-3)10-14(25-4)18(12)21/h9-10,15-16,22H,5-8,11H2,1-4H3/t15-,16-,19-,20+/m1/s1. The molecule has 2 fully saturated rings. The van der Waals surface area contributed by atoms with Crippen molar-refractivity contribution in [3.05, 3.63) is 22.7 Å². The average Bonchev–Trinajstić information content (AvgIpc) is 2.90. The van der Waals surface area contributed by atoms with Gasteiger partial charge in [0.1, 0.15) is 17.3 Å². The zero-order valence-electron chi connectivity index (χ0n) is 15.4. The van der Waals surface area contributed by atoms with Crippen LogP contribution in [-0.2, 0) is 11.2 Å². The molecule has 138 valence electrons. The Hall–Kier alpha value is -1.26. The molecule has 25 heavy (non-hydrogen) atoms. The lowest BCUT2D eigenvalue weighted by atomic mass is 9.54. The maximum Gasteiger partial charge on any atom is 0.141 e. The molecule has 0 radical (unpaired) electrons. The van der Waals surface area contributed by atoms with Gasteiger partial charge in [0.05, 0.1) is 25.3 Å². The number of carbonyl (C=O) groups is 1. The quantitative estimate of drug-likeness (QED) is 0.873. The molecule has 4 atom stereocenters. The van der Waals surface area contributed by atoms with Crippen LogP contribution in [0, 0.1) is 16.7 Å². The van der Waals surface area contributed by atoms with Crippen molar-refractivity contribution in [1.29, 1.82) is 0 Å². The molecular weight excluding hydrogens is 340 g/mol. The normalized spacial score (nSPS) is 34.7. The van der Waals surface area contributed by atoms with E-state index in [1.165, 1.54) is 0 Å². The number of aliphatic hydroxyl groups excluding tert-OH is 1. The first-order chi connectivity index (χ1) is 11.8. The fourth-order valence-electron chi connectivity index (χ4n) is 5.11. The van der Waals surface area contributed by atoms with Gasteiger partial charge >= 0.3 is 0 Å². The van der Waals surface area contributed by atoms with E-state index >= 15 is 0 Å². The van der Waals surface area contributed by atoms with E-state index < -0.39 is 5.41 Å². The average molecular weight is 367 g/mol. The van der Waals surface area contributed by atoms with Crippen LogP contribution in [0.1, 0.15) is 45.1 Å². The predicted octanol–water partition coefficient (Wildman–Crippen LogP) is 4.05. The lowest BCUT2D eigenvalue weighted by Gasteiger charge is -2.49. The van der Waals surface area contributed by atoms with Gasteiger partial charge in [-0.15, -0.1) is 0 Å². The molecule has 1 aromatic rings. The molecule has 4 nitrogen and oxygen atoms in total. The molecule has 3 rings (SSSR count). The van der Waals surface area contributed by atoms with Crippen LogP contribution in [0.25, 0.3) is 0 Å². The summed E-state index contributed by atoms with van der Waals surface area (Å²) in [6.45, 7) is 4.17. The first kappa shape index (κ1) is 18.5. The molecule has 0 aliphatic heterocycles. The van der Waals surface area contributed by atoms with Gasteiger partial charge in [0.15, 0.2) is 0 Å². The number of hydrogen-bond donors (Lipinski definition) is 1. The second-order valence-electron chi connectivity index (χ2n) is 7.97. The van der Waals surface area contributed by atoms with Crippen molar-refractivity contribution in [3.63, 3.8) is 0 Å². The zero-order chi connectivity index (χ0) is 18.4. The minimum absolute atomic E-state index is 0.157. The number of ketones is 1. The number of ether oxygens (including phenoxy) is 2. The van der Waals surface area contributed by atoms with Crippen molar-refractivity contribution < 1.29 is 19.4 Å². The monoisotopic (exact) mass is 366 g/mol. The third-order valence-electron chi connectivity index (χ3n) is 6.68. The van der Waals surface area contributed by atoms with Gasteiger partial charge in [-0.2, -0.15) is 0 Å². The van der Waals surface area contributed by atoms with Gasteiger partial charge in [0.25, 0.3) is 0 Å². The smallest absolute Gasteiger partial charge is 0.141 e. The van der Waals surface area contributed by atoms with Crippen molar-refractivity contribution in [2.45, 2.75) is 52.1 Å². The topological polar surface area (TPSA) is 55.8 Å². The van der Waals surface area contributed by atoms with Crippen LogP contribution in [0.4, 0.5) is 0 Å². The number of halogens is 1. The number of aliphatic hydroxyl groups is 1. The fourth-order valence-corrected chi connectivity index (χ4v) is 5.36. The highest BCUT2D eigenvalue weighted by Gasteiger charge is 2.58. The van der Waals surface area contributed by atoms with Gasteiger partial charge < -0.3 is 14.6 Å². The molecule has 2 saturated carbocycles. The summed E-state index contributed by atoms with van der Waals surface area (Å²) in [6, 6.07) is 3.64. The Balaban J connectivity index is 2.02. The maximum atomic E-state index is 12.9. The van der Waals surface area contributed by atoms with Gasteiger partial charge in [-0.1, -0.05) is 25.4 Å². The molecule has 1 N–H and O–H groups in total. The molecule has 0 amide bonds. The van der Waals surface area contributed by atoms with Crippen LogP contribution < -0.4 is 9.47 Å². The summed E-state index contributed by atoms with van der Waals surface area (Å²) >= 11 is 6.53. The Morgan fingerprint density at radius 1 is 1.24 bits per heavy atom. The number of carbonyl (C=O) groups excluding carboxylic acids is 1. The van der Waals surface area contributed by atoms with E-state index in [4.69, 9.17) is 21.1 Å². The van der Waals surface area contributed by atoms with Crippen molar-refractivity contribution in [1.82, 2.24) is 0 Å². The summed E-state index contributed by atoms with van der Waals surface area (Å²) in [6.07, 6.45) is 3.12. The fraction of sp³-hybridized carbons (Fsp3) is 0.650. The highest BCUT2D eigenvalue weighted by molar-refractivity contribution is 6.33. The SMILES string of the molecule is COc1cc(C[C@]2(C)C(=O)CC[C@@]3(C)[C@H](O)CC[C@H]32)c(Cl)c(OC)c1. The third-order valence-corrected chi connectivity index (χ3v) is 7.11. The molecular formula is C20H27ClO4. The Bertz CT molecular complexity index is 689. The van der Waals surface area contributed by atoms with E-state index in [-0.39, 0.29) is 23.2 Å². The second-order valence-corrected chi connectivity index (χ2v) is 8.35.